The van der Waals surface area contributed by atoms with E-state index in [-0.39, 0.29) is 5.84 Å². The second-order valence-electron chi connectivity index (χ2n) is 4.75. The van der Waals surface area contributed by atoms with Crippen LogP contribution in [0.25, 0.3) is 0 Å². The molecule has 0 atom stereocenters. The quantitative estimate of drug-likeness (QED) is 0.634. The number of hydrogen-bond donors (Lipinski definition) is 2. The molecule has 1 aromatic carbocycles. The number of nitrogens with one attached hydrogen (secondary N) is 1. The molecule has 3 rings (SSSR count). The smallest absolute Gasteiger partial charge is 0.141 e. The van der Waals surface area contributed by atoms with E-state index >= 15 is 0 Å². The Labute approximate surface area is 112 Å². The lowest BCUT2D eigenvalue weighted by Crippen LogP contribution is -2.30. The zero-order valence-corrected chi connectivity index (χ0v) is 10.6. The molecule has 0 radical (unpaired) electrons. The van der Waals surface area contributed by atoms with Crippen molar-refractivity contribution in [3.63, 3.8) is 0 Å². The fourth-order valence-corrected chi connectivity index (χ4v) is 2.48. The standard InChI is InChI=1S/C15H16N4/c16-15(17)14-9-13(5-7-18-14)19-8-6-11-3-1-2-4-12(11)10-19/h1-5,7,9H,6,8,10H2,(H3,16,17). The van der Waals surface area contributed by atoms with Crippen LogP contribution in [0.1, 0.15) is 16.8 Å². The molecule has 3 N–H and O–H groups in total. The number of hydrogen-bond acceptors (Lipinski definition) is 3. The molecule has 1 aliphatic rings. The summed E-state index contributed by atoms with van der Waals surface area (Å²) in [6.07, 6.45) is 2.76. The SMILES string of the molecule is N=C(N)c1cc(N2CCc3ccccc3C2)ccn1. The van der Waals surface area contributed by atoms with Crippen molar-refractivity contribution in [2.45, 2.75) is 13.0 Å². The van der Waals surface area contributed by atoms with Crippen molar-refractivity contribution < 1.29 is 0 Å². The van der Waals surface area contributed by atoms with E-state index in [4.69, 9.17) is 11.1 Å². The summed E-state index contributed by atoms with van der Waals surface area (Å²) in [4.78, 5) is 6.40. The molecule has 4 heteroatoms. The molecule has 1 aromatic heterocycles. The largest absolute Gasteiger partial charge is 0.382 e. The molecule has 0 aliphatic carbocycles. The minimum atomic E-state index is 0.0132. The summed E-state index contributed by atoms with van der Waals surface area (Å²) in [5.74, 6) is 0.0132. The fraction of sp³-hybridized carbons (Fsp3) is 0.200. The first-order valence-electron chi connectivity index (χ1n) is 6.36. The molecular weight excluding hydrogens is 236 g/mol. The summed E-state index contributed by atoms with van der Waals surface area (Å²) in [5.41, 5.74) is 9.91. The Hall–Kier alpha value is -2.36. The number of nitrogens with zero attached hydrogens (tertiary/aromatic N) is 2. The van der Waals surface area contributed by atoms with Crippen molar-refractivity contribution in [1.29, 1.82) is 5.41 Å². The molecule has 0 unspecified atom stereocenters. The van der Waals surface area contributed by atoms with E-state index in [0.29, 0.717) is 5.69 Å². The minimum absolute atomic E-state index is 0.0132. The number of nitrogens with two attached hydrogens (primary N) is 1. The van der Waals surface area contributed by atoms with Gasteiger partial charge in [-0.1, -0.05) is 24.3 Å². The van der Waals surface area contributed by atoms with E-state index in [2.05, 4.69) is 34.1 Å². The summed E-state index contributed by atoms with van der Waals surface area (Å²) in [7, 11) is 0. The van der Waals surface area contributed by atoms with Gasteiger partial charge in [-0.05, 0) is 29.7 Å². The highest BCUT2D eigenvalue weighted by atomic mass is 15.1. The zero-order chi connectivity index (χ0) is 13.2. The molecular formula is C15H16N4. The summed E-state index contributed by atoms with van der Waals surface area (Å²) < 4.78 is 0. The van der Waals surface area contributed by atoms with E-state index in [1.807, 2.05) is 12.1 Å². The van der Waals surface area contributed by atoms with E-state index in [9.17, 15) is 0 Å². The first-order valence-corrected chi connectivity index (χ1v) is 6.36. The van der Waals surface area contributed by atoms with E-state index in [1.165, 1.54) is 11.1 Å². The van der Waals surface area contributed by atoms with Crippen molar-refractivity contribution in [1.82, 2.24) is 4.98 Å². The molecule has 96 valence electrons. The Kier molecular flexibility index (Phi) is 2.91. The minimum Gasteiger partial charge on any atom is -0.382 e. The highest BCUT2D eigenvalue weighted by molar-refractivity contribution is 5.93. The first-order chi connectivity index (χ1) is 9.24. The van der Waals surface area contributed by atoms with Gasteiger partial charge >= 0.3 is 0 Å². The first kappa shape index (κ1) is 11.7. The van der Waals surface area contributed by atoms with Crippen LogP contribution in [0, 0.1) is 5.41 Å². The van der Waals surface area contributed by atoms with Gasteiger partial charge < -0.3 is 10.6 Å². The van der Waals surface area contributed by atoms with Crippen LogP contribution in [0.3, 0.4) is 0 Å². The number of anilines is 1. The molecule has 0 saturated heterocycles. The summed E-state index contributed by atoms with van der Waals surface area (Å²) >= 11 is 0. The molecule has 0 spiro atoms. The molecule has 2 heterocycles. The number of aromatic nitrogens is 1. The molecule has 0 amide bonds. The second kappa shape index (κ2) is 4.72. The van der Waals surface area contributed by atoms with Crippen LogP contribution in [-0.4, -0.2) is 17.4 Å². The normalized spacial score (nSPS) is 14.0. The predicted molar refractivity (Wildman–Crippen MR) is 76.4 cm³/mol. The van der Waals surface area contributed by atoms with Crippen molar-refractivity contribution >= 4 is 11.5 Å². The maximum absolute atomic E-state index is 7.46. The number of pyridine rings is 1. The molecule has 4 nitrogen and oxygen atoms in total. The van der Waals surface area contributed by atoms with Gasteiger partial charge in [-0.15, -0.1) is 0 Å². The Bertz CT molecular complexity index is 621. The summed E-state index contributed by atoms with van der Waals surface area (Å²) in [6.45, 7) is 1.88. The van der Waals surface area contributed by atoms with Gasteiger partial charge in [0.2, 0.25) is 0 Å². The van der Waals surface area contributed by atoms with Gasteiger partial charge in [0.1, 0.15) is 11.5 Å². The summed E-state index contributed by atoms with van der Waals surface area (Å²) in [6, 6.07) is 12.4. The highest BCUT2D eigenvalue weighted by Crippen LogP contribution is 2.24. The van der Waals surface area contributed by atoms with Gasteiger partial charge in [-0.25, -0.2) is 0 Å². The number of benzene rings is 1. The van der Waals surface area contributed by atoms with Gasteiger partial charge in [0.05, 0.1) is 0 Å². The number of rotatable bonds is 2. The van der Waals surface area contributed by atoms with Gasteiger partial charge in [-0.2, -0.15) is 0 Å². The van der Waals surface area contributed by atoms with Crippen LogP contribution in [0.5, 0.6) is 0 Å². The molecule has 1 aliphatic heterocycles. The van der Waals surface area contributed by atoms with Gasteiger partial charge in [-0.3, -0.25) is 10.4 Å². The van der Waals surface area contributed by atoms with Crippen molar-refractivity contribution in [2.24, 2.45) is 5.73 Å². The third-order valence-corrected chi connectivity index (χ3v) is 3.52. The topological polar surface area (TPSA) is 66.0 Å². The van der Waals surface area contributed by atoms with E-state index in [0.717, 1.165) is 25.2 Å². The monoisotopic (exact) mass is 252 g/mol. The van der Waals surface area contributed by atoms with Crippen LogP contribution in [0.4, 0.5) is 5.69 Å². The highest BCUT2D eigenvalue weighted by Gasteiger charge is 2.16. The maximum atomic E-state index is 7.46. The van der Waals surface area contributed by atoms with Gasteiger partial charge in [0, 0.05) is 25.0 Å². The van der Waals surface area contributed by atoms with Crippen LogP contribution in [-0.2, 0) is 13.0 Å². The molecule has 0 bridgehead atoms. The lowest BCUT2D eigenvalue weighted by molar-refractivity contribution is 0.731. The Morgan fingerprint density at radius 2 is 2.00 bits per heavy atom. The van der Waals surface area contributed by atoms with E-state index < -0.39 is 0 Å². The third-order valence-electron chi connectivity index (χ3n) is 3.52. The van der Waals surface area contributed by atoms with Crippen LogP contribution >= 0.6 is 0 Å². The molecule has 0 fully saturated rings. The maximum Gasteiger partial charge on any atom is 0.141 e. The Morgan fingerprint density at radius 1 is 1.21 bits per heavy atom. The Morgan fingerprint density at radius 3 is 2.79 bits per heavy atom. The second-order valence-corrected chi connectivity index (χ2v) is 4.75. The van der Waals surface area contributed by atoms with E-state index in [1.54, 1.807) is 6.20 Å². The predicted octanol–water partition coefficient (Wildman–Crippen LogP) is 1.93. The fourth-order valence-electron chi connectivity index (χ4n) is 2.48. The van der Waals surface area contributed by atoms with Gasteiger partial charge in [0.25, 0.3) is 0 Å². The molecule has 2 aromatic rings. The van der Waals surface area contributed by atoms with Crippen molar-refractivity contribution in [3.8, 4) is 0 Å². The van der Waals surface area contributed by atoms with Crippen molar-refractivity contribution in [2.75, 3.05) is 11.4 Å². The van der Waals surface area contributed by atoms with Crippen molar-refractivity contribution in [3.05, 3.63) is 59.4 Å². The molecule has 19 heavy (non-hydrogen) atoms. The zero-order valence-electron chi connectivity index (χ0n) is 10.6. The third kappa shape index (κ3) is 2.29. The van der Waals surface area contributed by atoms with Crippen LogP contribution in [0.15, 0.2) is 42.6 Å². The molecule has 0 saturated carbocycles. The van der Waals surface area contributed by atoms with Crippen LogP contribution in [0.2, 0.25) is 0 Å². The van der Waals surface area contributed by atoms with Crippen LogP contribution < -0.4 is 10.6 Å². The lowest BCUT2D eigenvalue weighted by atomic mass is 9.99. The number of nitrogen functional groups attached to an aromatic ring is 1. The van der Waals surface area contributed by atoms with Gasteiger partial charge in [0.15, 0.2) is 0 Å². The average molecular weight is 252 g/mol. The Balaban J connectivity index is 1.89. The number of fused-ring (bicyclic) bond motifs is 1. The lowest BCUT2D eigenvalue weighted by Gasteiger charge is -2.30. The number of amidine groups is 1. The summed E-state index contributed by atoms with van der Waals surface area (Å²) in [5, 5.41) is 7.46. The average Bonchev–Trinajstić information content (AvgIpc) is 2.47.